The Bertz CT molecular complexity index is 1300. The fourth-order valence-electron chi connectivity index (χ4n) is 4.70. The van der Waals surface area contributed by atoms with Gasteiger partial charge in [-0.05, 0) is 49.4 Å². The number of carbonyl (C=O) groups excluding carboxylic acids is 3. The van der Waals surface area contributed by atoms with E-state index < -0.39 is 6.04 Å². The van der Waals surface area contributed by atoms with Gasteiger partial charge in [-0.1, -0.05) is 19.9 Å². The van der Waals surface area contributed by atoms with Crippen LogP contribution in [0.1, 0.15) is 49.9 Å². The molecule has 0 spiro atoms. The third kappa shape index (κ3) is 5.28. The minimum absolute atomic E-state index is 0.0700. The lowest BCUT2D eigenvalue weighted by Crippen LogP contribution is -2.47. The molecule has 4 rings (SSSR count). The monoisotopic (exact) mass is 491 g/mol. The molecule has 0 radical (unpaired) electrons. The van der Waals surface area contributed by atoms with Crippen LogP contribution in [0, 0.1) is 12.3 Å². The topological polar surface area (TPSA) is 136 Å². The fourth-order valence-corrected chi connectivity index (χ4v) is 4.70. The highest BCUT2D eigenvalue weighted by molar-refractivity contribution is 6.06. The van der Waals surface area contributed by atoms with Gasteiger partial charge in [0.2, 0.25) is 11.8 Å². The van der Waals surface area contributed by atoms with Gasteiger partial charge in [0, 0.05) is 43.4 Å². The molecule has 1 saturated heterocycles. The minimum atomic E-state index is -0.549. The first kappa shape index (κ1) is 25.4. The van der Waals surface area contributed by atoms with Crippen molar-refractivity contribution in [2.45, 2.75) is 53.1 Å². The average Bonchev–Trinajstić information content (AvgIpc) is 3.36. The van der Waals surface area contributed by atoms with Crippen LogP contribution in [0.3, 0.4) is 0 Å². The zero-order chi connectivity index (χ0) is 26.0. The summed E-state index contributed by atoms with van der Waals surface area (Å²) in [5.41, 5.74) is 7.99. The Balaban J connectivity index is 1.62. The number of Topliss-reactive ketones (excluding diaryl/α,β-unsaturated/α-hetero) is 1. The van der Waals surface area contributed by atoms with Crippen LogP contribution < -0.4 is 11.1 Å². The third-order valence-corrected chi connectivity index (χ3v) is 6.51. The van der Waals surface area contributed by atoms with Crippen LogP contribution in [-0.2, 0) is 16.1 Å². The first-order valence-corrected chi connectivity index (χ1v) is 12.2. The molecule has 190 valence electrons. The van der Waals surface area contributed by atoms with Gasteiger partial charge >= 0.3 is 0 Å². The Hall–Kier alpha value is -3.66. The van der Waals surface area contributed by atoms with Gasteiger partial charge in [0.25, 0.3) is 0 Å². The van der Waals surface area contributed by atoms with Crippen molar-refractivity contribution in [3.63, 3.8) is 0 Å². The molecule has 10 nitrogen and oxygen atoms in total. The van der Waals surface area contributed by atoms with Gasteiger partial charge < -0.3 is 16.0 Å². The first-order valence-electron chi connectivity index (χ1n) is 12.2. The van der Waals surface area contributed by atoms with Crippen molar-refractivity contribution in [3.05, 3.63) is 42.1 Å². The molecular formula is C26H33N7O3. The maximum atomic E-state index is 13.5. The number of amides is 2. The Morgan fingerprint density at radius 2 is 1.89 bits per heavy atom. The number of hydrogen-bond donors (Lipinski definition) is 2. The van der Waals surface area contributed by atoms with Crippen molar-refractivity contribution < 1.29 is 14.4 Å². The number of aromatic nitrogens is 4. The molecule has 3 heterocycles. The number of carbonyl (C=O) groups is 3. The Morgan fingerprint density at radius 1 is 1.17 bits per heavy atom. The number of benzene rings is 1. The summed E-state index contributed by atoms with van der Waals surface area (Å²) in [7, 11) is 0. The molecule has 0 aliphatic carbocycles. The molecule has 36 heavy (non-hydrogen) atoms. The van der Waals surface area contributed by atoms with E-state index >= 15 is 0 Å². The van der Waals surface area contributed by atoms with Gasteiger partial charge in [0.15, 0.2) is 5.78 Å². The van der Waals surface area contributed by atoms with Crippen LogP contribution in [0.2, 0.25) is 0 Å². The molecule has 1 atom stereocenters. The molecule has 2 aromatic heterocycles. The van der Waals surface area contributed by atoms with E-state index in [2.05, 4.69) is 20.4 Å². The maximum absolute atomic E-state index is 13.5. The number of nitrogens with one attached hydrogen (secondary N) is 1. The van der Waals surface area contributed by atoms with Gasteiger partial charge in [-0.3, -0.25) is 19.1 Å². The van der Waals surface area contributed by atoms with E-state index in [1.165, 1.54) is 6.92 Å². The predicted octanol–water partition coefficient (Wildman–Crippen LogP) is 2.10. The second-order valence-corrected chi connectivity index (χ2v) is 10.2. The Labute approximate surface area is 210 Å². The normalized spacial score (nSPS) is 16.9. The molecule has 10 heteroatoms. The van der Waals surface area contributed by atoms with Crippen molar-refractivity contribution in [1.82, 2.24) is 30.0 Å². The van der Waals surface area contributed by atoms with Crippen LogP contribution in [0.25, 0.3) is 22.0 Å². The third-order valence-electron chi connectivity index (χ3n) is 6.51. The summed E-state index contributed by atoms with van der Waals surface area (Å²) >= 11 is 0. The molecule has 0 saturated carbocycles. The summed E-state index contributed by atoms with van der Waals surface area (Å²) in [6, 6.07) is 5.07. The number of hydrogen-bond acceptors (Lipinski definition) is 7. The lowest BCUT2D eigenvalue weighted by Gasteiger charge is -2.24. The molecule has 1 fully saturated rings. The van der Waals surface area contributed by atoms with Crippen molar-refractivity contribution in [3.8, 4) is 11.1 Å². The Kier molecular flexibility index (Phi) is 7.16. The van der Waals surface area contributed by atoms with Gasteiger partial charge in [-0.25, -0.2) is 9.97 Å². The van der Waals surface area contributed by atoms with Crippen LogP contribution in [0.15, 0.2) is 30.6 Å². The minimum Gasteiger partial charge on any atom is -0.354 e. The quantitative estimate of drug-likeness (QED) is 0.364. The van der Waals surface area contributed by atoms with E-state index in [1.54, 1.807) is 22.0 Å². The molecule has 2 amide bonds. The molecule has 1 aromatic carbocycles. The van der Waals surface area contributed by atoms with E-state index in [0.29, 0.717) is 54.9 Å². The van der Waals surface area contributed by atoms with E-state index in [1.807, 2.05) is 39.0 Å². The number of aryl methyl sites for hydroxylation is 1. The van der Waals surface area contributed by atoms with E-state index in [4.69, 9.17) is 5.73 Å². The number of ketones is 1. The number of fused-ring (bicyclic) bond motifs is 1. The van der Waals surface area contributed by atoms with Gasteiger partial charge in [0.1, 0.15) is 24.1 Å². The SMILES string of the molecule is CC(=O)c1nn(CC(=O)N2CC(C)(C)C[C@H]2C(=O)NCCCN)c2ccc(-c3cnc(C)nc3)cc12. The largest absolute Gasteiger partial charge is 0.354 e. The lowest BCUT2D eigenvalue weighted by atomic mass is 9.90. The highest BCUT2D eigenvalue weighted by atomic mass is 16.2. The lowest BCUT2D eigenvalue weighted by molar-refractivity contribution is -0.139. The maximum Gasteiger partial charge on any atom is 0.245 e. The van der Waals surface area contributed by atoms with Gasteiger partial charge in [-0.15, -0.1) is 0 Å². The van der Waals surface area contributed by atoms with E-state index in [0.717, 1.165) is 11.1 Å². The fraction of sp³-hybridized carbons (Fsp3) is 0.462. The molecule has 1 aliphatic heterocycles. The van der Waals surface area contributed by atoms with Gasteiger partial charge in [-0.2, -0.15) is 5.10 Å². The zero-order valence-corrected chi connectivity index (χ0v) is 21.2. The second kappa shape index (κ2) is 10.1. The number of nitrogens with two attached hydrogens (primary N) is 1. The number of rotatable bonds is 8. The van der Waals surface area contributed by atoms with Crippen molar-refractivity contribution in [2.75, 3.05) is 19.6 Å². The zero-order valence-electron chi connectivity index (χ0n) is 21.2. The summed E-state index contributed by atoms with van der Waals surface area (Å²) in [6.45, 7) is 8.74. The molecule has 0 bridgehead atoms. The van der Waals surface area contributed by atoms with Crippen LogP contribution >= 0.6 is 0 Å². The number of likely N-dealkylation sites (tertiary alicyclic amines) is 1. The summed E-state index contributed by atoms with van der Waals surface area (Å²) in [5, 5.41) is 8.04. The molecule has 3 N–H and O–H groups in total. The van der Waals surface area contributed by atoms with Crippen LogP contribution in [0.4, 0.5) is 0 Å². The van der Waals surface area contributed by atoms with E-state index in [9.17, 15) is 14.4 Å². The highest BCUT2D eigenvalue weighted by Gasteiger charge is 2.43. The molecule has 0 unspecified atom stereocenters. The molecule has 1 aliphatic rings. The highest BCUT2D eigenvalue weighted by Crippen LogP contribution is 2.34. The predicted molar refractivity (Wildman–Crippen MR) is 136 cm³/mol. The number of nitrogens with zero attached hydrogens (tertiary/aromatic N) is 5. The summed E-state index contributed by atoms with van der Waals surface area (Å²) in [5.74, 6) is 0.104. The smallest absolute Gasteiger partial charge is 0.245 e. The summed E-state index contributed by atoms with van der Waals surface area (Å²) in [6.07, 6.45) is 4.73. The van der Waals surface area contributed by atoms with Crippen LogP contribution in [0.5, 0.6) is 0 Å². The average molecular weight is 492 g/mol. The standard InChI is InChI=1S/C26H33N7O3/c1-16(34)24-20-10-18(19-12-29-17(2)30-13-19)6-7-21(20)33(31-24)14-23(35)32-15-26(3,4)11-22(32)25(36)28-9-5-8-27/h6-7,10,12-13,22H,5,8-9,11,14-15,27H2,1-4H3,(H,28,36)/t22-/m0/s1. The second-order valence-electron chi connectivity index (χ2n) is 10.2. The van der Waals surface area contributed by atoms with E-state index in [-0.39, 0.29) is 29.6 Å². The Morgan fingerprint density at radius 3 is 2.56 bits per heavy atom. The van der Waals surface area contributed by atoms with Crippen molar-refractivity contribution in [1.29, 1.82) is 0 Å². The summed E-state index contributed by atoms with van der Waals surface area (Å²) in [4.78, 5) is 48.8. The first-order chi connectivity index (χ1) is 17.1. The van der Waals surface area contributed by atoms with Crippen molar-refractivity contribution in [2.24, 2.45) is 11.1 Å². The van der Waals surface area contributed by atoms with Gasteiger partial charge in [0.05, 0.1) is 5.52 Å². The molecule has 3 aromatic rings. The van der Waals surface area contributed by atoms with Crippen LogP contribution in [-0.4, -0.2) is 67.9 Å². The molecular weight excluding hydrogens is 458 g/mol. The van der Waals surface area contributed by atoms with Crippen molar-refractivity contribution >= 4 is 28.5 Å². The summed E-state index contributed by atoms with van der Waals surface area (Å²) < 4.78 is 1.55.